The van der Waals surface area contributed by atoms with Crippen molar-refractivity contribution in [1.29, 1.82) is 0 Å². The van der Waals surface area contributed by atoms with Gasteiger partial charge in [0, 0.05) is 24.2 Å². The Kier molecular flexibility index (Phi) is 6.67. The average molecular weight is 266 g/mol. The molecular weight excluding hydrogens is 240 g/mol. The smallest absolute Gasteiger partial charge is 0.127 e. The summed E-state index contributed by atoms with van der Waals surface area (Å²) in [6.07, 6.45) is 0. The van der Waals surface area contributed by atoms with E-state index in [1.54, 1.807) is 7.11 Å². The summed E-state index contributed by atoms with van der Waals surface area (Å²) in [6.45, 7) is 9.93. The Morgan fingerprint density at radius 3 is 2.47 bits per heavy atom. The standard InChI is InChI=1S/C15H26N2O2/c1-5-17(6-2)9-10-19-15-11-13(18-4)7-8-14(15)12(3)16/h7-8,11-12H,5-6,9-10,16H2,1-4H3/t12-/m1/s1. The van der Waals surface area contributed by atoms with E-state index in [4.69, 9.17) is 15.2 Å². The third-order valence-corrected chi connectivity index (χ3v) is 3.27. The first-order chi connectivity index (χ1) is 9.12. The Morgan fingerprint density at radius 1 is 1.26 bits per heavy atom. The minimum absolute atomic E-state index is 0.0469. The highest BCUT2D eigenvalue weighted by atomic mass is 16.5. The van der Waals surface area contributed by atoms with Gasteiger partial charge in [0.05, 0.1) is 7.11 Å². The van der Waals surface area contributed by atoms with Gasteiger partial charge in [0.2, 0.25) is 0 Å². The Labute approximate surface area is 116 Å². The lowest BCUT2D eigenvalue weighted by atomic mass is 10.1. The topological polar surface area (TPSA) is 47.7 Å². The predicted molar refractivity (Wildman–Crippen MR) is 78.9 cm³/mol. The molecule has 108 valence electrons. The lowest BCUT2D eigenvalue weighted by molar-refractivity contribution is 0.220. The van der Waals surface area contributed by atoms with Crippen molar-refractivity contribution in [2.24, 2.45) is 5.73 Å². The molecule has 0 aliphatic carbocycles. The number of likely N-dealkylation sites (N-methyl/N-ethyl adjacent to an activating group) is 1. The molecule has 19 heavy (non-hydrogen) atoms. The first-order valence-electron chi connectivity index (χ1n) is 6.91. The monoisotopic (exact) mass is 266 g/mol. The summed E-state index contributed by atoms with van der Waals surface area (Å²) < 4.78 is 11.1. The Bertz CT molecular complexity index is 376. The molecule has 0 bridgehead atoms. The van der Waals surface area contributed by atoms with E-state index in [9.17, 15) is 0 Å². The molecule has 0 fully saturated rings. The first-order valence-corrected chi connectivity index (χ1v) is 6.91. The summed E-state index contributed by atoms with van der Waals surface area (Å²) in [4.78, 5) is 2.33. The lowest BCUT2D eigenvalue weighted by Crippen LogP contribution is -2.28. The van der Waals surface area contributed by atoms with Gasteiger partial charge >= 0.3 is 0 Å². The Balaban J connectivity index is 2.69. The zero-order valence-corrected chi connectivity index (χ0v) is 12.5. The third kappa shape index (κ3) is 4.73. The summed E-state index contributed by atoms with van der Waals surface area (Å²) >= 11 is 0. The van der Waals surface area contributed by atoms with Crippen LogP contribution < -0.4 is 15.2 Å². The van der Waals surface area contributed by atoms with Crippen LogP contribution in [-0.2, 0) is 0 Å². The molecule has 1 aromatic carbocycles. The second-order valence-electron chi connectivity index (χ2n) is 4.57. The van der Waals surface area contributed by atoms with Gasteiger partial charge in [0.25, 0.3) is 0 Å². The van der Waals surface area contributed by atoms with Crippen LogP contribution in [0.4, 0.5) is 0 Å². The van der Waals surface area contributed by atoms with Crippen molar-refractivity contribution in [3.05, 3.63) is 23.8 Å². The molecule has 0 aliphatic rings. The molecule has 0 amide bonds. The van der Waals surface area contributed by atoms with Gasteiger partial charge in [-0.15, -0.1) is 0 Å². The summed E-state index contributed by atoms with van der Waals surface area (Å²) in [5.74, 6) is 1.61. The highest BCUT2D eigenvalue weighted by molar-refractivity contribution is 5.42. The zero-order valence-electron chi connectivity index (χ0n) is 12.5. The molecule has 0 spiro atoms. The molecule has 0 radical (unpaired) electrons. The van der Waals surface area contributed by atoms with Crippen LogP contribution in [-0.4, -0.2) is 38.3 Å². The van der Waals surface area contributed by atoms with Crippen LogP contribution in [0.5, 0.6) is 11.5 Å². The van der Waals surface area contributed by atoms with Gasteiger partial charge in [-0.2, -0.15) is 0 Å². The van der Waals surface area contributed by atoms with Crippen molar-refractivity contribution in [3.63, 3.8) is 0 Å². The molecule has 2 N–H and O–H groups in total. The van der Waals surface area contributed by atoms with E-state index in [-0.39, 0.29) is 6.04 Å². The molecule has 0 saturated heterocycles. The summed E-state index contributed by atoms with van der Waals surface area (Å²) in [7, 11) is 1.65. The quantitative estimate of drug-likeness (QED) is 0.785. The van der Waals surface area contributed by atoms with E-state index >= 15 is 0 Å². The largest absolute Gasteiger partial charge is 0.497 e. The van der Waals surface area contributed by atoms with Crippen molar-refractivity contribution in [3.8, 4) is 11.5 Å². The summed E-state index contributed by atoms with van der Waals surface area (Å²) in [6, 6.07) is 5.74. The number of benzene rings is 1. The van der Waals surface area contributed by atoms with E-state index in [1.807, 2.05) is 25.1 Å². The van der Waals surface area contributed by atoms with E-state index in [0.717, 1.165) is 36.7 Å². The molecule has 0 saturated carbocycles. The van der Waals surface area contributed by atoms with Crippen molar-refractivity contribution >= 4 is 0 Å². The molecule has 1 rings (SSSR count). The maximum Gasteiger partial charge on any atom is 0.127 e. The minimum atomic E-state index is -0.0469. The van der Waals surface area contributed by atoms with Crippen LogP contribution in [0, 0.1) is 0 Å². The number of nitrogens with two attached hydrogens (primary N) is 1. The number of hydrogen-bond donors (Lipinski definition) is 1. The van der Waals surface area contributed by atoms with Crippen molar-refractivity contribution in [2.75, 3.05) is 33.4 Å². The number of nitrogens with zero attached hydrogens (tertiary/aromatic N) is 1. The molecule has 1 aromatic rings. The SMILES string of the molecule is CCN(CC)CCOc1cc(OC)ccc1[C@@H](C)N. The van der Waals surface area contributed by atoms with Gasteiger partial charge in [-0.25, -0.2) is 0 Å². The highest BCUT2D eigenvalue weighted by Gasteiger charge is 2.10. The molecule has 0 aliphatic heterocycles. The summed E-state index contributed by atoms with van der Waals surface area (Å²) in [5, 5.41) is 0. The van der Waals surface area contributed by atoms with Gasteiger partial charge in [0.1, 0.15) is 18.1 Å². The zero-order chi connectivity index (χ0) is 14.3. The second-order valence-corrected chi connectivity index (χ2v) is 4.57. The molecule has 4 nitrogen and oxygen atoms in total. The maximum atomic E-state index is 5.96. The van der Waals surface area contributed by atoms with E-state index in [1.165, 1.54) is 0 Å². The van der Waals surface area contributed by atoms with Gasteiger partial charge in [-0.3, -0.25) is 0 Å². The van der Waals surface area contributed by atoms with Crippen LogP contribution in [0.2, 0.25) is 0 Å². The van der Waals surface area contributed by atoms with E-state index < -0.39 is 0 Å². The molecular formula is C15H26N2O2. The van der Waals surface area contributed by atoms with Gasteiger partial charge in [-0.1, -0.05) is 19.9 Å². The maximum absolute atomic E-state index is 5.96. The normalized spacial score (nSPS) is 12.5. The number of methoxy groups -OCH3 is 1. The Hall–Kier alpha value is -1.26. The molecule has 0 heterocycles. The Morgan fingerprint density at radius 2 is 1.95 bits per heavy atom. The number of ether oxygens (including phenoxy) is 2. The van der Waals surface area contributed by atoms with Gasteiger partial charge < -0.3 is 20.1 Å². The van der Waals surface area contributed by atoms with E-state index in [2.05, 4.69) is 18.7 Å². The van der Waals surface area contributed by atoms with Crippen LogP contribution in [0.3, 0.4) is 0 Å². The fraction of sp³-hybridized carbons (Fsp3) is 0.600. The first kappa shape index (κ1) is 15.8. The van der Waals surface area contributed by atoms with Gasteiger partial charge in [0.15, 0.2) is 0 Å². The average Bonchev–Trinajstić information content (AvgIpc) is 2.43. The van der Waals surface area contributed by atoms with Crippen LogP contribution >= 0.6 is 0 Å². The van der Waals surface area contributed by atoms with Crippen molar-refractivity contribution < 1.29 is 9.47 Å². The second kappa shape index (κ2) is 8.02. The predicted octanol–water partition coefficient (Wildman–Crippen LogP) is 2.44. The molecule has 4 heteroatoms. The third-order valence-electron chi connectivity index (χ3n) is 3.27. The van der Waals surface area contributed by atoms with Crippen LogP contribution in [0.15, 0.2) is 18.2 Å². The lowest BCUT2D eigenvalue weighted by Gasteiger charge is -2.20. The van der Waals surface area contributed by atoms with Crippen LogP contribution in [0.1, 0.15) is 32.4 Å². The van der Waals surface area contributed by atoms with Crippen molar-refractivity contribution in [1.82, 2.24) is 4.90 Å². The minimum Gasteiger partial charge on any atom is -0.497 e. The molecule has 1 atom stereocenters. The highest BCUT2D eigenvalue weighted by Crippen LogP contribution is 2.28. The number of hydrogen-bond acceptors (Lipinski definition) is 4. The van der Waals surface area contributed by atoms with Crippen LogP contribution in [0.25, 0.3) is 0 Å². The fourth-order valence-corrected chi connectivity index (χ4v) is 1.97. The fourth-order valence-electron chi connectivity index (χ4n) is 1.97. The number of rotatable bonds is 8. The van der Waals surface area contributed by atoms with E-state index in [0.29, 0.717) is 6.61 Å². The molecule has 0 unspecified atom stereocenters. The molecule has 0 aromatic heterocycles. The van der Waals surface area contributed by atoms with Gasteiger partial charge in [-0.05, 0) is 26.1 Å². The van der Waals surface area contributed by atoms with Crippen molar-refractivity contribution in [2.45, 2.75) is 26.8 Å². The summed E-state index contributed by atoms with van der Waals surface area (Å²) in [5.41, 5.74) is 6.97.